The van der Waals surface area contributed by atoms with Crippen LogP contribution in [0.4, 0.5) is 0 Å². The van der Waals surface area contributed by atoms with Crippen molar-refractivity contribution in [1.29, 1.82) is 0 Å². The van der Waals surface area contributed by atoms with Crippen molar-refractivity contribution in [2.45, 2.75) is 25.3 Å². The van der Waals surface area contributed by atoms with Gasteiger partial charge < -0.3 is 10.2 Å². The Labute approximate surface area is 89.6 Å². The summed E-state index contributed by atoms with van der Waals surface area (Å²) in [6, 6.07) is 0.0897. The van der Waals surface area contributed by atoms with E-state index in [0.29, 0.717) is 5.91 Å². The Kier molecular flexibility index (Phi) is 3.70. The van der Waals surface area contributed by atoms with Crippen LogP contribution in [-0.2, 0) is 4.79 Å². The average Bonchev–Trinajstić information content (AvgIpc) is 2.30. The van der Waals surface area contributed by atoms with Crippen LogP contribution in [0.3, 0.4) is 0 Å². The molecule has 3 nitrogen and oxygen atoms in total. The molecule has 2 heterocycles. The molecule has 14 heavy (non-hydrogen) atoms. The second-order valence-electron chi connectivity index (χ2n) is 3.97. The third-order valence-electron chi connectivity index (χ3n) is 2.89. The number of piperidine rings is 1. The molecule has 0 aromatic heterocycles. The minimum atomic E-state index is 0.0897. The summed E-state index contributed by atoms with van der Waals surface area (Å²) in [5.41, 5.74) is 0. The number of rotatable bonds is 1. The number of nitrogens with zero attached hydrogens (tertiary/aromatic N) is 1. The van der Waals surface area contributed by atoms with Crippen LogP contribution in [0.1, 0.15) is 19.3 Å². The van der Waals surface area contributed by atoms with Crippen molar-refractivity contribution in [3.8, 4) is 0 Å². The first-order chi connectivity index (χ1) is 6.88. The van der Waals surface area contributed by atoms with Gasteiger partial charge in [0.15, 0.2) is 0 Å². The van der Waals surface area contributed by atoms with Crippen molar-refractivity contribution in [3.05, 3.63) is 0 Å². The number of carbonyl (C=O) groups excluding carboxylic acids is 1. The maximum Gasteiger partial charge on any atom is 0.240 e. The van der Waals surface area contributed by atoms with Crippen molar-refractivity contribution in [2.75, 3.05) is 31.1 Å². The van der Waals surface area contributed by atoms with Gasteiger partial charge in [0.25, 0.3) is 0 Å². The highest BCUT2D eigenvalue weighted by molar-refractivity contribution is 7.99. The molecule has 4 heteroatoms. The highest BCUT2D eigenvalue weighted by Gasteiger charge is 2.26. The van der Waals surface area contributed by atoms with Crippen LogP contribution < -0.4 is 5.32 Å². The molecule has 1 N–H and O–H groups in total. The van der Waals surface area contributed by atoms with E-state index in [9.17, 15) is 4.79 Å². The number of thioether (sulfide) groups is 1. The number of carbonyl (C=O) groups is 1. The van der Waals surface area contributed by atoms with Gasteiger partial charge in [0.05, 0.1) is 6.04 Å². The van der Waals surface area contributed by atoms with E-state index < -0.39 is 0 Å². The van der Waals surface area contributed by atoms with Crippen molar-refractivity contribution in [1.82, 2.24) is 10.2 Å². The summed E-state index contributed by atoms with van der Waals surface area (Å²) in [6.07, 6.45) is 3.66. The van der Waals surface area contributed by atoms with Gasteiger partial charge in [0.1, 0.15) is 0 Å². The molecule has 0 aliphatic carbocycles. The lowest BCUT2D eigenvalue weighted by Gasteiger charge is -2.32. The topological polar surface area (TPSA) is 32.3 Å². The SMILES string of the molecule is O=C(C1CSCCN1)N1CCCCC1. The van der Waals surface area contributed by atoms with E-state index in [4.69, 9.17) is 0 Å². The zero-order chi connectivity index (χ0) is 9.80. The first-order valence-electron chi connectivity index (χ1n) is 5.48. The minimum Gasteiger partial charge on any atom is -0.341 e. The van der Waals surface area contributed by atoms with Gasteiger partial charge in [-0.25, -0.2) is 0 Å². The summed E-state index contributed by atoms with van der Waals surface area (Å²) < 4.78 is 0. The lowest BCUT2D eigenvalue weighted by Crippen LogP contribution is -2.51. The minimum absolute atomic E-state index is 0.0897. The summed E-state index contributed by atoms with van der Waals surface area (Å²) in [7, 11) is 0. The monoisotopic (exact) mass is 214 g/mol. The molecule has 0 spiro atoms. The molecule has 80 valence electrons. The normalized spacial score (nSPS) is 28.9. The van der Waals surface area contributed by atoms with E-state index in [0.717, 1.165) is 31.1 Å². The smallest absolute Gasteiger partial charge is 0.240 e. The van der Waals surface area contributed by atoms with Gasteiger partial charge in [0.2, 0.25) is 5.91 Å². The largest absolute Gasteiger partial charge is 0.341 e. The maximum atomic E-state index is 12.0. The van der Waals surface area contributed by atoms with Crippen LogP contribution in [0.15, 0.2) is 0 Å². The van der Waals surface area contributed by atoms with Crippen molar-refractivity contribution in [3.63, 3.8) is 0 Å². The van der Waals surface area contributed by atoms with Gasteiger partial charge in [0, 0.05) is 31.1 Å². The Morgan fingerprint density at radius 2 is 2.07 bits per heavy atom. The molecular formula is C10H18N2OS. The van der Waals surface area contributed by atoms with Crippen LogP contribution in [0, 0.1) is 0 Å². The Morgan fingerprint density at radius 1 is 1.29 bits per heavy atom. The van der Waals surface area contributed by atoms with E-state index in [1.165, 1.54) is 19.3 Å². The van der Waals surface area contributed by atoms with Gasteiger partial charge >= 0.3 is 0 Å². The first-order valence-corrected chi connectivity index (χ1v) is 6.63. The zero-order valence-electron chi connectivity index (χ0n) is 8.50. The fourth-order valence-electron chi connectivity index (χ4n) is 2.06. The Balaban J connectivity index is 1.85. The molecule has 0 aromatic rings. The van der Waals surface area contributed by atoms with Crippen LogP contribution in [0.2, 0.25) is 0 Å². The number of nitrogens with one attached hydrogen (secondary N) is 1. The Hall–Kier alpha value is -0.220. The fraction of sp³-hybridized carbons (Fsp3) is 0.900. The first kappa shape index (κ1) is 10.3. The van der Waals surface area contributed by atoms with Gasteiger partial charge in [-0.15, -0.1) is 0 Å². The predicted octanol–water partition coefficient (Wildman–Crippen LogP) is 0.704. The molecule has 1 amide bonds. The fourth-order valence-corrected chi connectivity index (χ4v) is 2.98. The second-order valence-corrected chi connectivity index (χ2v) is 5.12. The quantitative estimate of drug-likeness (QED) is 0.697. The van der Waals surface area contributed by atoms with Gasteiger partial charge in [-0.05, 0) is 19.3 Å². The number of hydrogen-bond donors (Lipinski definition) is 1. The third kappa shape index (κ3) is 2.42. The Bertz CT molecular complexity index is 178. The van der Waals surface area contributed by atoms with E-state index in [-0.39, 0.29) is 6.04 Å². The molecular weight excluding hydrogens is 196 g/mol. The standard InChI is InChI=1S/C10H18N2OS/c13-10(9-8-14-7-4-11-9)12-5-2-1-3-6-12/h9,11H,1-8H2. The van der Waals surface area contributed by atoms with Gasteiger partial charge in [-0.1, -0.05) is 0 Å². The lowest BCUT2D eigenvalue weighted by atomic mass is 10.1. The van der Waals surface area contributed by atoms with E-state index in [1.54, 1.807) is 0 Å². The molecule has 2 fully saturated rings. The van der Waals surface area contributed by atoms with Crippen molar-refractivity contribution >= 4 is 17.7 Å². The average molecular weight is 214 g/mol. The Morgan fingerprint density at radius 3 is 2.71 bits per heavy atom. The third-order valence-corrected chi connectivity index (χ3v) is 3.95. The zero-order valence-corrected chi connectivity index (χ0v) is 9.31. The summed E-state index contributed by atoms with van der Waals surface area (Å²) in [6.45, 7) is 2.93. The van der Waals surface area contributed by atoms with Crippen LogP contribution in [0.25, 0.3) is 0 Å². The molecule has 0 saturated carbocycles. The molecule has 2 aliphatic heterocycles. The summed E-state index contributed by atoms with van der Waals surface area (Å²) >= 11 is 1.89. The highest BCUT2D eigenvalue weighted by Crippen LogP contribution is 2.14. The molecule has 1 atom stereocenters. The van der Waals surface area contributed by atoms with E-state index >= 15 is 0 Å². The molecule has 2 aliphatic rings. The molecule has 0 aromatic carbocycles. The van der Waals surface area contributed by atoms with Crippen LogP contribution in [-0.4, -0.2) is 48.0 Å². The summed E-state index contributed by atoms with van der Waals surface area (Å²) in [5.74, 6) is 2.43. The molecule has 1 unspecified atom stereocenters. The molecule has 0 radical (unpaired) electrons. The summed E-state index contributed by atoms with van der Waals surface area (Å²) in [4.78, 5) is 14.0. The number of hydrogen-bond acceptors (Lipinski definition) is 3. The number of likely N-dealkylation sites (tertiary alicyclic amines) is 1. The summed E-state index contributed by atoms with van der Waals surface area (Å²) in [5, 5.41) is 3.30. The highest BCUT2D eigenvalue weighted by atomic mass is 32.2. The molecule has 2 saturated heterocycles. The number of amides is 1. The maximum absolute atomic E-state index is 12.0. The van der Waals surface area contributed by atoms with Gasteiger partial charge in [-0.2, -0.15) is 11.8 Å². The van der Waals surface area contributed by atoms with Gasteiger partial charge in [-0.3, -0.25) is 4.79 Å². The second kappa shape index (κ2) is 5.03. The van der Waals surface area contributed by atoms with E-state index in [1.807, 2.05) is 16.7 Å². The predicted molar refractivity (Wildman–Crippen MR) is 59.5 cm³/mol. The van der Waals surface area contributed by atoms with Crippen LogP contribution in [0.5, 0.6) is 0 Å². The van der Waals surface area contributed by atoms with E-state index in [2.05, 4.69) is 5.32 Å². The molecule has 2 rings (SSSR count). The lowest BCUT2D eigenvalue weighted by molar-refractivity contribution is -0.133. The van der Waals surface area contributed by atoms with Crippen LogP contribution >= 0.6 is 11.8 Å². The van der Waals surface area contributed by atoms with Crippen molar-refractivity contribution < 1.29 is 4.79 Å². The van der Waals surface area contributed by atoms with Crippen molar-refractivity contribution in [2.24, 2.45) is 0 Å². The molecule has 0 bridgehead atoms.